The molecule has 1 amide bonds. The van der Waals surface area contributed by atoms with Crippen molar-refractivity contribution in [3.8, 4) is 0 Å². The smallest absolute Gasteiger partial charge is 0.238 e. The molecule has 2 aliphatic carbocycles. The van der Waals surface area contributed by atoms with Crippen LogP contribution in [0.4, 0.5) is 0 Å². The summed E-state index contributed by atoms with van der Waals surface area (Å²) in [5.74, 6) is 0.0786. The number of hydrogen-bond acceptors (Lipinski definition) is 4. The number of sulfonamides is 1. The Bertz CT molecular complexity index is 677. The maximum Gasteiger partial charge on any atom is 0.238 e. The molecule has 0 aromatic carbocycles. The molecule has 1 spiro atoms. The summed E-state index contributed by atoms with van der Waals surface area (Å²) in [6.45, 7) is 7.72. The molecule has 3 fully saturated rings. The highest BCUT2D eigenvalue weighted by atomic mass is 32.2. The van der Waals surface area contributed by atoms with Crippen LogP contribution in [0.25, 0.3) is 0 Å². The molecule has 0 aromatic heterocycles. The van der Waals surface area contributed by atoms with Gasteiger partial charge in [-0.2, -0.15) is 0 Å². The summed E-state index contributed by atoms with van der Waals surface area (Å²) in [6.07, 6.45) is 3.44. The third kappa shape index (κ3) is 2.23. The topological polar surface area (TPSA) is 74.7 Å². The standard InChI is InChI=1S/C17H25NO4S/c1-4-5-6-13(19)10-15(20)18-14-9-12-7-8-17(14,16(12,2)3)11-23(18,21)22/h5,12-14,19H,1,6-11H2,2-3H3/t12-,13-,14-,17-/m1/s1. The van der Waals surface area contributed by atoms with Crippen LogP contribution < -0.4 is 0 Å². The highest BCUT2D eigenvalue weighted by molar-refractivity contribution is 7.90. The predicted molar refractivity (Wildman–Crippen MR) is 86.9 cm³/mol. The number of hydrogen-bond donors (Lipinski definition) is 1. The van der Waals surface area contributed by atoms with Crippen molar-refractivity contribution in [3.05, 3.63) is 18.4 Å². The lowest BCUT2D eigenvalue weighted by molar-refractivity contribution is -0.131. The van der Waals surface area contributed by atoms with Crippen LogP contribution in [0.1, 0.15) is 46.0 Å². The van der Waals surface area contributed by atoms with Gasteiger partial charge in [0.2, 0.25) is 15.9 Å². The zero-order chi connectivity index (χ0) is 17.0. The van der Waals surface area contributed by atoms with E-state index in [2.05, 4.69) is 26.2 Å². The molecule has 1 heterocycles. The SMILES string of the molecule is C=C=CC[C@@H](O)CC(=O)N1[C@@H]2C[C@H]3CC[C@]2(CS1(=O)=O)C3(C)C. The molecule has 128 valence electrons. The molecule has 2 bridgehead atoms. The van der Waals surface area contributed by atoms with Crippen LogP contribution in [0, 0.1) is 16.7 Å². The van der Waals surface area contributed by atoms with Gasteiger partial charge in [0.1, 0.15) is 0 Å². The first kappa shape index (κ1) is 16.7. The van der Waals surface area contributed by atoms with Crippen LogP contribution in [-0.2, 0) is 14.8 Å². The van der Waals surface area contributed by atoms with Gasteiger partial charge in [0.05, 0.1) is 24.3 Å². The first-order valence-electron chi connectivity index (χ1n) is 8.23. The van der Waals surface area contributed by atoms with E-state index in [1.165, 1.54) is 0 Å². The van der Waals surface area contributed by atoms with E-state index in [1.54, 1.807) is 6.08 Å². The minimum absolute atomic E-state index is 0.0516. The average molecular weight is 339 g/mol. The highest BCUT2D eigenvalue weighted by Gasteiger charge is 2.72. The Balaban J connectivity index is 1.86. The second kappa shape index (κ2) is 5.20. The lowest BCUT2D eigenvalue weighted by Gasteiger charge is -2.37. The third-order valence-electron chi connectivity index (χ3n) is 6.60. The lowest BCUT2D eigenvalue weighted by Crippen LogP contribution is -2.44. The van der Waals surface area contributed by atoms with Crippen molar-refractivity contribution in [1.82, 2.24) is 4.31 Å². The van der Waals surface area contributed by atoms with E-state index in [9.17, 15) is 18.3 Å². The Hall–Kier alpha value is -1.10. The molecular weight excluding hydrogens is 314 g/mol. The number of fused-ring (bicyclic) bond motifs is 1. The summed E-state index contributed by atoms with van der Waals surface area (Å²) in [5.41, 5.74) is 2.19. The number of amides is 1. The second-order valence-corrected chi connectivity index (χ2v) is 9.66. The van der Waals surface area contributed by atoms with Crippen molar-refractivity contribution in [2.24, 2.45) is 16.7 Å². The Morgan fingerprint density at radius 3 is 2.83 bits per heavy atom. The van der Waals surface area contributed by atoms with E-state index in [0.717, 1.165) is 23.6 Å². The van der Waals surface area contributed by atoms with E-state index in [0.29, 0.717) is 5.92 Å². The van der Waals surface area contributed by atoms with Crippen molar-refractivity contribution in [3.63, 3.8) is 0 Å². The van der Waals surface area contributed by atoms with Crippen molar-refractivity contribution in [2.45, 2.75) is 58.1 Å². The summed E-state index contributed by atoms with van der Waals surface area (Å²) in [6, 6.07) is -0.226. The van der Waals surface area contributed by atoms with Gasteiger partial charge in [0, 0.05) is 5.41 Å². The van der Waals surface area contributed by atoms with Gasteiger partial charge >= 0.3 is 0 Å². The first-order chi connectivity index (χ1) is 10.7. The van der Waals surface area contributed by atoms with E-state index in [1.807, 2.05) is 0 Å². The van der Waals surface area contributed by atoms with Crippen LogP contribution >= 0.6 is 0 Å². The lowest BCUT2D eigenvalue weighted by atomic mass is 9.69. The molecule has 1 saturated heterocycles. The summed E-state index contributed by atoms with van der Waals surface area (Å²) < 4.78 is 26.5. The fraction of sp³-hybridized carbons (Fsp3) is 0.765. The van der Waals surface area contributed by atoms with Gasteiger partial charge in [-0.25, -0.2) is 12.7 Å². The molecular formula is C17H25NO4S. The fourth-order valence-corrected chi connectivity index (χ4v) is 7.77. The Kier molecular flexibility index (Phi) is 3.79. The van der Waals surface area contributed by atoms with Crippen LogP contribution in [0.5, 0.6) is 0 Å². The normalized spacial score (nSPS) is 37.3. The summed E-state index contributed by atoms with van der Waals surface area (Å²) in [7, 11) is -3.59. The van der Waals surface area contributed by atoms with Crippen LogP contribution in [-0.4, -0.2) is 41.6 Å². The van der Waals surface area contributed by atoms with Crippen molar-refractivity contribution < 1.29 is 18.3 Å². The number of rotatable bonds is 4. The Labute approximate surface area is 138 Å². The molecule has 3 aliphatic rings. The van der Waals surface area contributed by atoms with E-state index < -0.39 is 22.0 Å². The molecule has 0 radical (unpaired) electrons. The maximum absolute atomic E-state index is 12.7. The molecule has 23 heavy (non-hydrogen) atoms. The van der Waals surface area contributed by atoms with Gasteiger partial charge in [-0.15, -0.1) is 5.73 Å². The average Bonchev–Trinajstić information content (AvgIpc) is 2.91. The van der Waals surface area contributed by atoms with Crippen LogP contribution in [0.3, 0.4) is 0 Å². The summed E-state index contributed by atoms with van der Waals surface area (Å²) >= 11 is 0. The first-order valence-corrected chi connectivity index (χ1v) is 9.84. The Morgan fingerprint density at radius 2 is 2.22 bits per heavy atom. The number of carbonyl (C=O) groups excluding carboxylic acids is 1. The van der Waals surface area contributed by atoms with E-state index >= 15 is 0 Å². The quantitative estimate of drug-likeness (QED) is 0.793. The van der Waals surface area contributed by atoms with Gasteiger partial charge in [-0.1, -0.05) is 20.4 Å². The van der Waals surface area contributed by atoms with Gasteiger partial charge < -0.3 is 5.11 Å². The van der Waals surface area contributed by atoms with Crippen molar-refractivity contribution in [2.75, 3.05) is 5.75 Å². The molecule has 1 N–H and O–H groups in total. The van der Waals surface area contributed by atoms with Crippen LogP contribution in [0.2, 0.25) is 0 Å². The zero-order valence-electron chi connectivity index (χ0n) is 13.8. The molecule has 3 rings (SSSR count). The number of aliphatic hydroxyl groups excluding tert-OH is 1. The zero-order valence-corrected chi connectivity index (χ0v) is 14.6. The minimum Gasteiger partial charge on any atom is -0.392 e. The number of carbonyl (C=O) groups is 1. The largest absolute Gasteiger partial charge is 0.392 e. The van der Waals surface area contributed by atoms with Crippen molar-refractivity contribution >= 4 is 15.9 Å². The monoisotopic (exact) mass is 339 g/mol. The fourth-order valence-electron chi connectivity index (χ4n) is 5.21. The second-order valence-electron chi connectivity index (χ2n) is 7.81. The molecule has 0 aromatic rings. The minimum atomic E-state index is -3.59. The molecule has 6 heteroatoms. The molecule has 2 saturated carbocycles. The molecule has 0 unspecified atom stereocenters. The Morgan fingerprint density at radius 1 is 1.52 bits per heavy atom. The number of aliphatic hydroxyl groups is 1. The summed E-state index contributed by atoms with van der Waals surface area (Å²) in [4.78, 5) is 12.6. The summed E-state index contributed by atoms with van der Waals surface area (Å²) in [5, 5.41) is 9.91. The number of nitrogens with zero attached hydrogens (tertiary/aromatic N) is 1. The van der Waals surface area contributed by atoms with Crippen LogP contribution in [0.15, 0.2) is 18.4 Å². The molecule has 1 aliphatic heterocycles. The maximum atomic E-state index is 12.7. The van der Waals surface area contributed by atoms with Gasteiger partial charge in [-0.3, -0.25) is 4.79 Å². The highest BCUT2D eigenvalue weighted by Crippen LogP contribution is 2.69. The molecule has 5 nitrogen and oxygen atoms in total. The van der Waals surface area contributed by atoms with Gasteiger partial charge in [0.15, 0.2) is 0 Å². The van der Waals surface area contributed by atoms with E-state index in [4.69, 9.17) is 0 Å². The third-order valence-corrected chi connectivity index (χ3v) is 8.54. The molecule has 4 atom stereocenters. The van der Waals surface area contributed by atoms with Crippen molar-refractivity contribution in [1.29, 1.82) is 0 Å². The predicted octanol–water partition coefficient (Wildman–Crippen LogP) is 1.84. The van der Waals surface area contributed by atoms with Gasteiger partial charge in [0.25, 0.3) is 0 Å². The van der Waals surface area contributed by atoms with Gasteiger partial charge in [-0.05, 0) is 43.1 Å². The van der Waals surface area contributed by atoms with E-state index in [-0.39, 0.29) is 35.5 Å².